The van der Waals surface area contributed by atoms with Crippen molar-refractivity contribution in [3.63, 3.8) is 0 Å². The summed E-state index contributed by atoms with van der Waals surface area (Å²) in [6.45, 7) is 5.42. The van der Waals surface area contributed by atoms with Crippen LogP contribution < -0.4 is 5.32 Å². The standard InChI is InChI=1S/C21H24ClN3OS/c1-2-24-9-3-5-17(24)13-23-21(26)14-25-18-8-7-16(22)11-15(18)12-19(25)20-6-4-10-27-20/h4,6-8,10-12,17H,2-3,5,9,13-14H2,1H3,(H,23,26)/t17-/m0/s1. The van der Waals surface area contributed by atoms with Crippen LogP contribution in [0.4, 0.5) is 0 Å². The lowest BCUT2D eigenvalue weighted by atomic mass is 10.2. The number of hydrogen-bond acceptors (Lipinski definition) is 3. The number of nitrogens with zero attached hydrogens (tertiary/aromatic N) is 2. The van der Waals surface area contributed by atoms with E-state index in [0.717, 1.165) is 41.1 Å². The third kappa shape index (κ3) is 3.91. The van der Waals surface area contributed by atoms with Gasteiger partial charge in [0, 0.05) is 28.5 Å². The summed E-state index contributed by atoms with van der Waals surface area (Å²) in [4.78, 5) is 16.3. The largest absolute Gasteiger partial charge is 0.353 e. The fourth-order valence-electron chi connectivity index (χ4n) is 4.01. The quantitative estimate of drug-likeness (QED) is 0.654. The molecule has 0 radical (unpaired) electrons. The molecule has 4 rings (SSSR count). The van der Waals surface area contributed by atoms with Gasteiger partial charge in [0.15, 0.2) is 0 Å². The van der Waals surface area contributed by atoms with Crippen LogP contribution in [0.3, 0.4) is 0 Å². The van der Waals surface area contributed by atoms with Crippen LogP contribution in [0.1, 0.15) is 19.8 Å². The maximum atomic E-state index is 12.7. The number of nitrogens with one attached hydrogen (secondary N) is 1. The van der Waals surface area contributed by atoms with E-state index in [1.165, 1.54) is 12.8 Å². The van der Waals surface area contributed by atoms with Gasteiger partial charge < -0.3 is 9.88 Å². The average molecular weight is 402 g/mol. The monoisotopic (exact) mass is 401 g/mol. The number of halogens is 1. The molecule has 1 aliphatic heterocycles. The third-order valence-electron chi connectivity index (χ3n) is 5.38. The molecule has 0 spiro atoms. The van der Waals surface area contributed by atoms with Crippen molar-refractivity contribution >= 4 is 39.7 Å². The molecular formula is C21H24ClN3OS. The van der Waals surface area contributed by atoms with Crippen LogP contribution in [0.25, 0.3) is 21.5 Å². The van der Waals surface area contributed by atoms with Crippen LogP contribution >= 0.6 is 22.9 Å². The zero-order valence-electron chi connectivity index (χ0n) is 15.5. The Balaban J connectivity index is 1.55. The van der Waals surface area contributed by atoms with Crippen molar-refractivity contribution in [3.8, 4) is 10.6 Å². The highest BCUT2D eigenvalue weighted by Gasteiger charge is 2.23. The van der Waals surface area contributed by atoms with Gasteiger partial charge >= 0.3 is 0 Å². The second-order valence-corrected chi connectivity index (χ2v) is 8.41. The normalized spacial score (nSPS) is 17.6. The van der Waals surface area contributed by atoms with Gasteiger partial charge in [-0.05, 0) is 61.6 Å². The predicted molar refractivity (Wildman–Crippen MR) is 114 cm³/mol. The number of fused-ring (bicyclic) bond motifs is 1. The van der Waals surface area contributed by atoms with Crippen molar-refractivity contribution in [2.24, 2.45) is 0 Å². The molecule has 0 unspecified atom stereocenters. The molecule has 1 aliphatic rings. The first-order valence-corrected chi connectivity index (χ1v) is 10.7. The summed E-state index contributed by atoms with van der Waals surface area (Å²) >= 11 is 7.85. The summed E-state index contributed by atoms with van der Waals surface area (Å²) in [6, 6.07) is 12.6. The fraction of sp³-hybridized carbons (Fsp3) is 0.381. The van der Waals surface area contributed by atoms with Crippen molar-refractivity contribution in [2.75, 3.05) is 19.6 Å². The number of amides is 1. The van der Waals surface area contributed by atoms with E-state index in [1.54, 1.807) is 11.3 Å². The number of thiophene rings is 1. The van der Waals surface area contributed by atoms with Crippen molar-refractivity contribution in [3.05, 3.63) is 46.8 Å². The molecule has 142 valence electrons. The Morgan fingerprint density at radius 1 is 1.33 bits per heavy atom. The molecule has 0 bridgehead atoms. The van der Waals surface area contributed by atoms with Crippen molar-refractivity contribution in [2.45, 2.75) is 32.4 Å². The SMILES string of the molecule is CCN1CCC[C@H]1CNC(=O)Cn1c(-c2cccs2)cc2cc(Cl)ccc21. The van der Waals surface area contributed by atoms with E-state index >= 15 is 0 Å². The molecule has 1 saturated heterocycles. The minimum Gasteiger partial charge on any atom is -0.353 e. The van der Waals surface area contributed by atoms with Crippen molar-refractivity contribution in [1.29, 1.82) is 0 Å². The van der Waals surface area contributed by atoms with E-state index in [0.29, 0.717) is 17.6 Å². The van der Waals surface area contributed by atoms with Crippen LogP contribution in [0.15, 0.2) is 41.8 Å². The Kier molecular flexibility index (Phi) is 5.53. The molecule has 0 aliphatic carbocycles. The second kappa shape index (κ2) is 8.05. The maximum absolute atomic E-state index is 12.7. The van der Waals surface area contributed by atoms with Gasteiger partial charge in [0.25, 0.3) is 0 Å². The third-order valence-corrected chi connectivity index (χ3v) is 6.51. The first kappa shape index (κ1) is 18.5. The van der Waals surface area contributed by atoms with Gasteiger partial charge in [-0.25, -0.2) is 0 Å². The number of rotatable bonds is 6. The summed E-state index contributed by atoms with van der Waals surface area (Å²) in [5.74, 6) is 0.0585. The van der Waals surface area contributed by atoms with Crippen LogP contribution in [-0.2, 0) is 11.3 Å². The molecule has 1 fully saturated rings. The highest BCUT2D eigenvalue weighted by molar-refractivity contribution is 7.13. The molecule has 1 N–H and O–H groups in total. The molecule has 1 aromatic carbocycles. The molecular weight excluding hydrogens is 378 g/mol. The van der Waals surface area contributed by atoms with Crippen LogP contribution in [0.2, 0.25) is 5.02 Å². The van der Waals surface area contributed by atoms with E-state index in [4.69, 9.17) is 11.6 Å². The fourth-order valence-corrected chi connectivity index (χ4v) is 4.95. The number of likely N-dealkylation sites (tertiary alicyclic amines) is 1. The van der Waals surface area contributed by atoms with E-state index in [1.807, 2.05) is 24.3 Å². The molecule has 3 heterocycles. The van der Waals surface area contributed by atoms with Gasteiger partial charge in [-0.2, -0.15) is 0 Å². The van der Waals surface area contributed by atoms with Crippen LogP contribution in [0.5, 0.6) is 0 Å². The van der Waals surface area contributed by atoms with E-state index in [2.05, 4.69) is 39.2 Å². The van der Waals surface area contributed by atoms with Crippen LogP contribution in [0, 0.1) is 0 Å². The molecule has 4 nitrogen and oxygen atoms in total. The number of benzene rings is 1. The molecule has 27 heavy (non-hydrogen) atoms. The topological polar surface area (TPSA) is 37.3 Å². The minimum absolute atomic E-state index is 0.0585. The van der Waals surface area contributed by atoms with Gasteiger partial charge in [0.2, 0.25) is 5.91 Å². The Labute approximate surface area is 168 Å². The first-order valence-electron chi connectivity index (χ1n) is 9.49. The summed E-state index contributed by atoms with van der Waals surface area (Å²) < 4.78 is 2.10. The number of hydrogen-bond donors (Lipinski definition) is 1. The lowest BCUT2D eigenvalue weighted by molar-refractivity contribution is -0.121. The van der Waals surface area contributed by atoms with E-state index < -0.39 is 0 Å². The summed E-state index contributed by atoms with van der Waals surface area (Å²) in [5, 5.41) is 6.98. The first-order chi connectivity index (χ1) is 13.2. The Hall–Kier alpha value is -1.82. The maximum Gasteiger partial charge on any atom is 0.240 e. The number of aromatic nitrogens is 1. The van der Waals surface area contributed by atoms with Gasteiger partial charge in [-0.1, -0.05) is 24.6 Å². The lowest BCUT2D eigenvalue weighted by Gasteiger charge is -2.23. The number of carbonyl (C=O) groups excluding carboxylic acids is 1. The minimum atomic E-state index is 0.0585. The Morgan fingerprint density at radius 2 is 2.22 bits per heavy atom. The molecule has 0 saturated carbocycles. The van der Waals surface area contributed by atoms with Crippen molar-refractivity contribution in [1.82, 2.24) is 14.8 Å². The molecule has 1 amide bonds. The van der Waals surface area contributed by atoms with Gasteiger partial charge in [-0.15, -0.1) is 11.3 Å². The zero-order valence-corrected chi connectivity index (χ0v) is 17.0. The molecule has 1 atom stereocenters. The van der Waals surface area contributed by atoms with Gasteiger partial charge in [-0.3, -0.25) is 9.69 Å². The summed E-state index contributed by atoms with van der Waals surface area (Å²) in [6.07, 6.45) is 2.39. The average Bonchev–Trinajstić information content (AvgIpc) is 3.39. The highest BCUT2D eigenvalue weighted by Crippen LogP contribution is 2.32. The predicted octanol–water partition coefficient (Wildman–Crippen LogP) is 4.62. The number of likely N-dealkylation sites (N-methyl/N-ethyl adjacent to an activating group) is 1. The van der Waals surface area contributed by atoms with E-state index in [-0.39, 0.29) is 5.91 Å². The second-order valence-electron chi connectivity index (χ2n) is 7.02. The van der Waals surface area contributed by atoms with Crippen molar-refractivity contribution < 1.29 is 4.79 Å². The van der Waals surface area contributed by atoms with Gasteiger partial charge in [0.1, 0.15) is 6.54 Å². The molecule has 2 aromatic heterocycles. The van der Waals surface area contributed by atoms with E-state index in [9.17, 15) is 4.79 Å². The number of carbonyl (C=O) groups is 1. The molecule has 6 heteroatoms. The Bertz CT molecular complexity index is 934. The smallest absolute Gasteiger partial charge is 0.240 e. The lowest BCUT2D eigenvalue weighted by Crippen LogP contribution is -2.41. The zero-order chi connectivity index (χ0) is 18.8. The highest BCUT2D eigenvalue weighted by atomic mass is 35.5. The molecule has 3 aromatic rings. The summed E-state index contributed by atoms with van der Waals surface area (Å²) in [5.41, 5.74) is 2.10. The summed E-state index contributed by atoms with van der Waals surface area (Å²) in [7, 11) is 0. The van der Waals surface area contributed by atoms with Gasteiger partial charge in [0.05, 0.1) is 10.6 Å². The Morgan fingerprint density at radius 3 is 3.00 bits per heavy atom. The van der Waals surface area contributed by atoms with Crippen LogP contribution in [-0.4, -0.2) is 41.1 Å².